The molecule has 8 nitrogen and oxygen atoms in total. The first-order valence-electron chi connectivity index (χ1n) is 10.9. The van der Waals surface area contributed by atoms with E-state index in [2.05, 4.69) is 5.32 Å². The minimum absolute atomic E-state index is 0.0832. The number of imide groups is 1. The maximum Gasteiger partial charge on any atom is 0.338 e. The number of nitrogens with zero attached hydrogens (tertiary/aromatic N) is 1. The Bertz CT molecular complexity index is 1100. The number of ether oxygens (including phenoxy) is 1. The Morgan fingerprint density at radius 2 is 1.58 bits per heavy atom. The number of carbonyl (C=O) groups excluding carboxylic acids is 5. The molecule has 1 saturated heterocycles. The van der Waals surface area contributed by atoms with Gasteiger partial charge < -0.3 is 10.1 Å². The fourth-order valence-electron chi connectivity index (χ4n) is 4.39. The summed E-state index contributed by atoms with van der Waals surface area (Å²) in [5.74, 6) is -2.36. The molecular weight excluding hydrogens is 424 g/mol. The molecule has 0 spiro atoms. The van der Waals surface area contributed by atoms with Crippen LogP contribution in [0, 0.1) is 11.8 Å². The van der Waals surface area contributed by atoms with Gasteiger partial charge in [0.15, 0.2) is 12.4 Å². The lowest BCUT2D eigenvalue weighted by atomic mass is 9.81. The molecular formula is C25H24N2O6. The first kappa shape index (κ1) is 22.4. The average molecular weight is 448 g/mol. The lowest BCUT2D eigenvalue weighted by Crippen LogP contribution is -2.31. The van der Waals surface area contributed by atoms with E-state index in [-0.39, 0.29) is 35.0 Å². The van der Waals surface area contributed by atoms with Gasteiger partial charge in [-0.05, 0) is 62.2 Å². The fourth-order valence-corrected chi connectivity index (χ4v) is 4.39. The minimum Gasteiger partial charge on any atom is -0.452 e. The molecule has 0 radical (unpaired) electrons. The summed E-state index contributed by atoms with van der Waals surface area (Å²) in [4.78, 5) is 62.7. The van der Waals surface area contributed by atoms with Crippen LogP contribution in [0.5, 0.6) is 0 Å². The molecule has 3 amide bonds. The van der Waals surface area contributed by atoms with Gasteiger partial charge >= 0.3 is 5.97 Å². The van der Waals surface area contributed by atoms with E-state index in [1.54, 1.807) is 36.4 Å². The van der Waals surface area contributed by atoms with Crippen molar-refractivity contribution in [3.05, 3.63) is 59.7 Å². The maximum absolute atomic E-state index is 12.8. The summed E-state index contributed by atoms with van der Waals surface area (Å²) in [6.45, 7) is 0.938. The molecule has 4 rings (SSSR count). The second-order valence-electron chi connectivity index (χ2n) is 8.32. The predicted molar refractivity (Wildman–Crippen MR) is 120 cm³/mol. The van der Waals surface area contributed by atoms with E-state index >= 15 is 0 Å². The molecule has 1 saturated carbocycles. The summed E-state index contributed by atoms with van der Waals surface area (Å²) < 4.78 is 5.10. The number of benzene rings is 2. The number of esters is 1. The SMILES string of the molecule is CC(=O)c1ccc(NC(=O)COC(=O)c2cccc(N3C(=O)[C@@H]4CCCC[C@H]4C3=O)c2)cc1. The normalized spacial score (nSPS) is 19.7. The van der Waals surface area contributed by atoms with Crippen LogP contribution in [0.3, 0.4) is 0 Å². The van der Waals surface area contributed by atoms with Crippen LogP contribution in [-0.4, -0.2) is 36.1 Å². The predicted octanol–water partition coefficient (Wildman–Crippen LogP) is 3.36. The average Bonchev–Trinajstić information content (AvgIpc) is 3.08. The monoisotopic (exact) mass is 448 g/mol. The molecule has 1 aliphatic heterocycles. The molecule has 0 unspecified atom stereocenters. The van der Waals surface area contributed by atoms with Crippen LogP contribution >= 0.6 is 0 Å². The molecule has 1 N–H and O–H groups in total. The largest absolute Gasteiger partial charge is 0.452 e. The first-order chi connectivity index (χ1) is 15.8. The molecule has 170 valence electrons. The van der Waals surface area contributed by atoms with E-state index in [4.69, 9.17) is 4.74 Å². The molecule has 2 aromatic carbocycles. The maximum atomic E-state index is 12.8. The zero-order valence-corrected chi connectivity index (χ0v) is 18.2. The Kier molecular flexibility index (Phi) is 6.35. The van der Waals surface area contributed by atoms with Gasteiger partial charge in [-0.2, -0.15) is 0 Å². The van der Waals surface area contributed by atoms with Crippen LogP contribution in [0.15, 0.2) is 48.5 Å². The van der Waals surface area contributed by atoms with E-state index in [9.17, 15) is 24.0 Å². The van der Waals surface area contributed by atoms with Crippen molar-refractivity contribution >= 4 is 40.8 Å². The van der Waals surface area contributed by atoms with E-state index in [1.807, 2.05) is 0 Å². The molecule has 2 aliphatic rings. The molecule has 1 heterocycles. The number of nitrogens with one attached hydrogen (secondary N) is 1. The Hall–Kier alpha value is -3.81. The van der Waals surface area contributed by atoms with Gasteiger partial charge in [0.25, 0.3) is 5.91 Å². The Morgan fingerprint density at radius 3 is 2.18 bits per heavy atom. The van der Waals surface area contributed by atoms with Crippen molar-refractivity contribution in [1.82, 2.24) is 0 Å². The smallest absolute Gasteiger partial charge is 0.338 e. The summed E-state index contributed by atoms with van der Waals surface area (Å²) in [5, 5.41) is 2.59. The van der Waals surface area contributed by atoms with Crippen LogP contribution < -0.4 is 10.2 Å². The van der Waals surface area contributed by atoms with Gasteiger partial charge in [-0.15, -0.1) is 0 Å². The quantitative estimate of drug-likeness (QED) is 0.412. The van der Waals surface area contributed by atoms with Crippen LogP contribution in [-0.2, 0) is 19.1 Å². The van der Waals surface area contributed by atoms with Gasteiger partial charge in [-0.1, -0.05) is 18.9 Å². The molecule has 2 aromatic rings. The number of amides is 3. The minimum atomic E-state index is -0.740. The molecule has 8 heteroatoms. The second kappa shape index (κ2) is 9.36. The highest BCUT2D eigenvalue weighted by Crippen LogP contribution is 2.40. The van der Waals surface area contributed by atoms with E-state index in [0.717, 1.165) is 12.8 Å². The lowest BCUT2D eigenvalue weighted by Gasteiger charge is -2.19. The summed E-state index contributed by atoms with van der Waals surface area (Å²) in [5.41, 5.74) is 1.47. The molecule has 33 heavy (non-hydrogen) atoms. The standard InChI is InChI=1S/C25H24N2O6/c1-15(28)16-9-11-18(12-10-16)26-22(29)14-33-25(32)17-5-4-6-19(13-17)27-23(30)20-7-2-3-8-21(20)24(27)31/h4-6,9-13,20-21H,2-3,7-8,14H2,1H3,(H,26,29)/t20-,21-/m1/s1. The lowest BCUT2D eigenvalue weighted by molar-refractivity contribution is -0.122. The highest BCUT2D eigenvalue weighted by atomic mass is 16.5. The Labute approximate surface area is 190 Å². The van der Waals surface area contributed by atoms with Gasteiger partial charge in [0.1, 0.15) is 0 Å². The van der Waals surface area contributed by atoms with E-state index < -0.39 is 18.5 Å². The van der Waals surface area contributed by atoms with Crippen molar-refractivity contribution in [3.8, 4) is 0 Å². The zero-order chi connectivity index (χ0) is 23.5. The van der Waals surface area contributed by atoms with Crippen molar-refractivity contribution in [2.75, 3.05) is 16.8 Å². The van der Waals surface area contributed by atoms with Gasteiger partial charge in [0, 0.05) is 11.3 Å². The molecule has 2 fully saturated rings. The van der Waals surface area contributed by atoms with Crippen molar-refractivity contribution in [1.29, 1.82) is 0 Å². The number of carbonyl (C=O) groups is 5. The van der Waals surface area contributed by atoms with Crippen molar-refractivity contribution < 1.29 is 28.7 Å². The highest BCUT2D eigenvalue weighted by molar-refractivity contribution is 6.22. The zero-order valence-electron chi connectivity index (χ0n) is 18.2. The number of Topliss-reactive ketones (excluding diaryl/α,β-unsaturated/α-hetero) is 1. The topological polar surface area (TPSA) is 110 Å². The fraction of sp³-hybridized carbons (Fsp3) is 0.320. The van der Waals surface area contributed by atoms with E-state index in [0.29, 0.717) is 29.8 Å². The number of hydrogen-bond acceptors (Lipinski definition) is 6. The third kappa shape index (κ3) is 4.69. The Morgan fingerprint density at radius 1 is 0.939 bits per heavy atom. The number of rotatable bonds is 6. The molecule has 0 aromatic heterocycles. The van der Waals surface area contributed by atoms with Gasteiger partial charge in [-0.3, -0.25) is 24.1 Å². The van der Waals surface area contributed by atoms with Crippen LogP contribution in [0.1, 0.15) is 53.3 Å². The highest BCUT2D eigenvalue weighted by Gasteiger charge is 2.48. The number of anilines is 2. The number of hydrogen-bond donors (Lipinski definition) is 1. The number of ketones is 1. The second-order valence-corrected chi connectivity index (χ2v) is 8.32. The summed E-state index contributed by atoms with van der Waals surface area (Å²) in [7, 11) is 0. The van der Waals surface area contributed by atoms with Crippen molar-refractivity contribution in [2.45, 2.75) is 32.6 Å². The summed E-state index contributed by atoms with van der Waals surface area (Å²) >= 11 is 0. The third-order valence-corrected chi connectivity index (χ3v) is 6.09. The van der Waals surface area contributed by atoms with Gasteiger partial charge in [0.05, 0.1) is 23.1 Å². The molecule has 0 bridgehead atoms. The van der Waals surface area contributed by atoms with Gasteiger partial charge in [-0.25, -0.2) is 4.79 Å². The third-order valence-electron chi connectivity index (χ3n) is 6.09. The molecule has 2 atom stereocenters. The van der Waals surface area contributed by atoms with Gasteiger partial charge in [0.2, 0.25) is 11.8 Å². The summed E-state index contributed by atoms with van der Waals surface area (Å²) in [6, 6.07) is 12.5. The number of fused-ring (bicyclic) bond motifs is 1. The summed E-state index contributed by atoms with van der Waals surface area (Å²) in [6.07, 6.45) is 3.28. The van der Waals surface area contributed by atoms with Crippen LogP contribution in [0.2, 0.25) is 0 Å². The molecule has 1 aliphatic carbocycles. The van der Waals surface area contributed by atoms with E-state index in [1.165, 1.54) is 24.0 Å². The van der Waals surface area contributed by atoms with Crippen LogP contribution in [0.25, 0.3) is 0 Å². The first-order valence-corrected chi connectivity index (χ1v) is 10.9. The Balaban J connectivity index is 1.38. The van der Waals surface area contributed by atoms with Crippen molar-refractivity contribution in [2.24, 2.45) is 11.8 Å². The van der Waals surface area contributed by atoms with Crippen LogP contribution in [0.4, 0.5) is 11.4 Å². The van der Waals surface area contributed by atoms with Crippen molar-refractivity contribution in [3.63, 3.8) is 0 Å².